The minimum Gasteiger partial charge on any atom is -0.495 e. The molecule has 6 nitrogen and oxygen atoms in total. The maximum Gasteiger partial charge on any atom is 0.138 e. The van der Waals surface area contributed by atoms with Crippen LogP contribution in [0.1, 0.15) is 59.3 Å². The Morgan fingerprint density at radius 2 is 1.32 bits per heavy atom. The van der Waals surface area contributed by atoms with Crippen LogP contribution in [0, 0.1) is 0 Å². The van der Waals surface area contributed by atoms with Gasteiger partial charge in [0.05, 0.1) is 50.2 Å². The lowest BCUT2D eigenvalue weighted by molar-refractivity contribution is 0.221. The van der Waals surface area contributed by atoms with Crippen LogP contribution in [0.2, 0.25) is 10.0 Å². The van der Waals surface area contributed by atoms with E-state index >= 15 is 0 Å². The first-order chi connectivity index (χ1) is 24.3. The zero-order chi connectivity index (χ0) is 34.5. The van der Waals surface area contributed by atoms with Crippen molar-refractivity contribution in [1.29, 1.82) is 0 Å². The van der Waals surface area contributed by atoms with Gasteiger partial charge in [0.2, 0.25) is 0 Å². The van der Waals surface area contributed by atoms with Crippen LogP contribution in [0.25, 0.3) is 31.0 Å². The van der Waals surface area contributed by atoms with Crippen LogP contribution in [0.3, 0.4) is 0 Å². The van der Waals surface area contributed by atoms with E-state index in [1.807, 2.05) is 5.51 Å². The van der Waals surface area contributed by atoms with Gasteiger partial charge in [-0.25, -0.2) is 9.97 Å². The number of nitrogens with zero attached hydrogens (tertiary/aromatic N) is 4. The standard InChI is InChI=1S/C40H40Cl2N4O2S2/c1-23(25-5-7-37-33(18-25)43-22-49-37)46-15-11-29-30(12-16-46)39(42)36(48-4)21-31(29)40-44-34-19-26(6-8-38(34)50-40)24(2)45-13-9-27-17-32(41)35(47-3)20-28(27)10-14-45/h5-8,17-24H,9-16H2,1-4H3. The number of aromatic nitrogens is 2. The average molecular weight is 744 g/mol. The largest absolute Gasteiger partial charge is 0.495 e. The molecule has 0 saturated carbocycles. The summed E-state index contributed by atoms with van der Waals surface area (Å²) in [5.74, 6) is 1.47. The van der Waals surface area contributed by atoms with Gasteiger partial charge in [0, 0.05) is 43.8 Å². The van der Waals surface area contributed by atoms with Crippen molar-refractivity contribution in [2.24, 2.45) is 0 Å². The van der Waals surface area contributed by atoms with Crippen molar-refractivity contribution in [1.82, 2.24) is 19.8 Å². The highest BCUT2D eigenvalue weighted by Gasteiger charge is 2.27. The zero-order valence-corrected chi connectivity index (χ0v) is 31.9. The lowest BCUT2D eigenvalue weighted by Gasteiger charge is -2.28. The Morgan fingerprint density at radius 1 is 0.700 bits per heavy atom. The van der Waals surface area contributed by atoms with E-state index in [0.29, 0.717) is 10.8 Å². The molecule has 4 aromatic carbocycles. The van der Waals surface area contributed by atoms with Crippen LogP contribution in [0.5, 0.6) is 11.5 Å². The van der Waals surface area contributed by atoms with Crippen molar-refractivity contribution >= 4 is 66.3 Å². The predicted molar refractivity (Wildman–Crippen MR) is 209 cm³/mol. The first-order valence-corrected chi connectivity index (χ1v) is 19.7. The highest BCUT2D eigenvalue weighted by molar-refractivity contribution is 7.21. The molecule has 4 heterocycles. The molecular weight excluding hydrogens is 704 g/mol. The summed E-state index contributed by atoms with van der Waals surface area (Å²) in [6.07, 6.45) is 3.68. The Hall–Kier alpha value is -3.24. The number of halogens is 2. The number of benzene rings is 4. The predicted octanol–water partition coefficient (Wildman–Crippen LogP) is 10.2. The van der Waals surface area contributed by atoms with Gasteiger partial charge in [0.1, 0.15) is 16.5 Å². The van der Waals surface area contributed by atoms with E-state index in [4.69, 9.17) is 37.7 Å². The zero-order valence-electron chi connectivity index (χ0n) is 28.8. The molecule has 0 radical (unpaired) electrons. The second-order valence-electron chi connectivity index (χ2n) is 13.4. The van der Waals surface area contributed by atoms with E-state index in [-0.39, 0.29) is 12.1 Å². The van der Waals surface area contributed by atoms with Crippen molar-refractivity contribution in [2.75, 3.05) is 40.4 Å². The van der Waals surface area contributed by atoms with Gasteiger partial charge in [-0.15, -0.1) is 22.7 Å². The van der Waals surface area contributed by atoms with E-state index in [1.54, 1.807) is 36.9 Å². The molecule has 8 rings (SSSR count). The van der Waals surface area contributed by atoms with Crippen LogP contribution in [0.4, 0.5) is 0 Å². The highest BCUT2D eigenvalue weighted by atomic mass is 35.5. The Bertz CT molecular complexity index is 2220. The summed E-state index contributed by atoms with van der Waals surface area (Å²) in [4.78, 5) is 15.0. The molecule has 50 heavy (non-hydrogen) atoms. The van der Waals surface area contributed by atoms with Crippen LogP contribution < -0.4 is 9.47 Å². The normalized spacial score (nSPS) is 16.8. The lowest BCUT2D eigenvalue weighted by Crippen LogP contribution is -2.29. The molecule has 0 amide bonds. The molecule has 6 aromatic rings. The SMILES string of the molecule is COc1cc2c(cc1Cl)CCN(C(C)c1ccc3sc(-c4cc(OC)c(Cl)c5c4CCN(C(C)c4ccc6scnc6c4)CC5)nc3c1)CC2. The number of ether oxygens (including phenoxy) is 2. The summed E-state index contributed by atoms with van der Waals surface area (Å²) >= 11 is 17.0. The Balaban J connectivity index is 1.05. The van der Waals surface area contributed by atoms with E-state index in [2.05, 4.69) is 83.2 Å². The van der Waals surface area contributed by atoms with Gasteiger partial charge in [-0.3, -0.25) is 9.80 Å². The number of rotatable bonds is 7. The maximum absolute atomic E-state index is 7.04. The first kappa shape index (κ1) is 33.9. The molecule has 0 spiro atoms. The van der Waals surface area contributed by atoms with Crippen molar-refractivity contribution in [3.8, 4) is 22.1 Å². The molecule has 0 bridgehead atoms. The number of methoxy groups -OCH3 is 2. The summed E-state index contributed by atoms with van der Waals surface area (Å²) in [5.41, 5.74) is 12.9. The highest BCUT2D eigenvalue weighted by Crippen LogP contribution is 2.43. The first-order valence-electron chi connectivity index (χ1n) is 17.3. The third kappa shape index (κ3) is 6.29. The molecule has 2 aliphatic heterocycles. The third-order valence-corrected chi connectivity index (χ3v) is 13.4. The summed E-state index contributed by atoms with van der Waals surface area (Å²) < 4.78 is 13.8. The van der Waals surface area contributed by atoms with Crippen molar-refractivity contribution in [2.45, 2.75) is 51.6 Å². The molecule has 0 N–H and O–H groups in total. The minimum atomic E-state index is 0.257. The molecule has 2 aromatic heterocycles. The Kier molecular flexibility index (Phi) is 9.52. The number of fused-ring (bicyclic) bond motifs is 4. The number of hydrogen-bond donors (Lipinski definition) is 0. The fourth-order valence-electron chi connectivity index (χ4n) is 7.78. The molecule has 258 valence electrons. The Morgan fingerprint density at radius 3 is 2.02 bits per heavy atom. The van der Waals surface area contributed by atoms with Crippen molar-refractivity contribution in [3.05, 3.63) is 104 Å². The van der Waals surface area contributed by atoms with Gasteiger partial charge in [0.15, 0.2) is 0 Å². The molecule has 0 saturated heterocycles. The van der Waals surface area contributed by atoms with Gasteiger partial charge in [-0.2, -0.15) is 0 Å². The van der Waals surface area contributed by atoms with Crippen LogP contribution in [-0.4, -0.2) is 60.2 Å². The van der Waals surface area contributed by atoms with Gasteiger partial charge >= 0.3 is 0 Å². The van der Waals surface area contributed by atoms with Crippen LogP contribution in [0.15, 0.2) is 60.1 Å². The second kappa shape index (κ2) is 14.1. The quantitative estimate of drug-likeness (QED) is 0.162. The fraction of sp³-hybridized carbons (Fsp3) is 0.350. The molecule has 10 heteroatoms. The molecule has 2 unspecified atom stereocenters. The summed E-state index contributed by atoms with van der Waals surface area (Å²) in [7, 11) is 3.38. The smallest absolute Gasteiger partial charge is 0.138 e. The third-order valence-electron chi connectivity index (χ3n) is 10.8. The summed E-state index contributed by atoms with van der Waals surface area (Å²) in [5, 5.41) is 2.43. The minimum absolute atomic E-state index is 0.257. The molecule has 0 aliphatic carbocycles. The second-order valence-corrected chi connectivity index (χ2v) is 16.1. The Labute approximate surface area is 311 Å². The summed E-state index contributed by atoms with van der Waals surface area (Å²) in [6, 6.07) is 20.3. The van der Waals surface area contributed by atoms with E-state index < -0.39 is 0 Å². The number of thiazole rings is 2. The average Bonchev–Trinajstić information content (AvgIpc) is 3.65. The van der Waals surface area contributed by atoms with Gasteiger partial charge in [0.25, 0.3) is 0 Å². The van der Waals surface area contributed by atoms with Crippen molar-refractivity contribution in [3.63, 3.8) is 0 Å². The van der Waals surface area contributed by atoms with Crippen LogP contribution in [-0.2, 0) is 25.7 Å². The monoisotopic (exact) mass is 742 g/mol. The van der Waals surface area contributed by atoms with Gasteiger partial charge in [-0.1, -0.05) is 35.3 Å². The molecule has 0 fully saturated rings. The van der Waals surface area contributed by atoms with E-state index in [9.17, 15) is 0 Å². The topological polar surface area (TPSA) is 50.7 Å². The van der Waals surface area contributed by atoms with E-state index in [1.165, 1.54) is 42.8 Å². The van der Waals surface area contributed by atoms with E-state index in [0.717, 1.165) is 84.2 Å². The number of hydrogen-bond acceptors (Lipinski definition) is 8. The molecular formula is C40H40Cl2N4O2S2. The lowest BCUT2D eigenvalue weighted by atomic mass is 9.96. The summed E-state index contributed by atoms with van der Waals surface area (Å²) in [6.45, 7) is 8.41. The molecule has 2 atom stereocenters. The maximum atomic E-state index is 7.04. The van der Waals surface area contributed by atoms with Crippen molar-refractivity contribution < 1.29 is 9.47 Å². The van der Waals surface area contributed by atoms with Gasteiger partial charge in [-0.05, 0) is 115 Å². The van der Waals surface area contributed by atoms with Crippen LogP contribution >= 0.6 is 45.9 Å². The molecule has 2 aliphatic rings. The fourth-order valence-corrected chi connectivity index (χ4v) is 10.0. The van der Waals surface area contributed by atoms with Gasteiger partial charge < -0.3 is 9.47 Å².